The van der Waals surface area contributed by atoms with Crippen LogP contribution in [0.4, 0.5) is 5.69 Å². The Bertz CT molecular complexity index is 703. The number of carbonyl (C=O) groups is 1. The molecule has 0 fully saturated rings. The van der Waals surface area contributed by atoms with Crippen LogP contribution < -0.4 is 5.32 Å². The molecular formula is C18H17NO2. The Labute approximate surface area is 124 Å². The predicted molar refractivity (Wildman–Crippen MR) is 87.4 cm³/mol. The topological polar surface area (TPSA) is 49.3 Å². The van der Waals surface area contributed by atoms with Gasteiger partial charge in [-0.1, -0.05) is 43.5 Å². The molecule has 21 heavy (non-hydrogen) atoms. The van der Waals surface area contributed by atoms with Gasteiger partial charge in [-0.3, -0.25) is 4.79 Å². The molecule has 2 aromatic rings. The maximum Gasteiger partial charge on any atom is 0.259 e. The highest BCUT2D eigenvalue weighted by Crippen LogP contribution is 2.30. The van der Waals surface area contributed by atoms with Crippen molar-refractivity contribution in [2.45, 2.75) is 6.92 Å². The van der Waals surface area contributed by atoms with E-state index in [1.54, 1.807) is 37.3 Å². The molecule has 0 spiro atoms. The number of amides is 1. The van der Waals surface area contributed by atoms with E-state index in [0.29, 0.717) is 11.3 Å². The van der Waals surface area contributed by atoms with E-state index in [0.717, 1.165) is 11.1 Å². The number of phenols is 1. The molecule has 0 unspecified atom stereocenters. The first-order valence-corrected chi connectivity index (χ1v) is 6.56. The van der Waals surface area contributed by atoms with Crippen LogP contribution >= 0.6 is 0 Å². The Morgan fingerprint density at radius 3 is 2.43 bits per heavy atom. The number of nitrogens with one attached hydrogen (secondary N) is 1. The molecule has 1 amide bonds. The number of anilines is 1. The molecule has 2 aromatic carbocycles. The average molecular weight is 279 g/mol. The van der Waals surface area contributed by atoms with Crippen molar-refractivity contribution in [3.8, 4) is 5.75 Å². The van der Waals surface area contributed by atoms with Gasteiger partial charge >= 0.3 is 0 Å². The third kappa shape index (κ3) is 2.87. The molecule has 0 bridgehead atoms. The predicted octanol–water partition coefficient (Wildman–Crippen LogP) is 4.24. The first-order valence-electron chi connectivity index (χ1n) is 6.56. The second kappa shape index (κ2) is 6.09. The summed E-state index contributed by atoms with van der Waals surface area (Å²) in [6, 6.07) is 10.7. The van der Waals surface area contributed by atoms with Gasteiger partial charge in [-0.15, -0.1) is 0 Å². The lowest BCUT2D eigenvalue weighted by Gasteiger charge is -2.13. The van der Waals surface area contributed by atoms with Crippen LogP contribution in [-0.4, -0.2) is 11.0 Å². The molecule has 3 heteroatoms. The highest BCUT2D eigenvalue weighted by Gasteiger charge is 2.17. The lowest BCUT2D eigenvalue weighted by atomic mass is 9.96. The summed E-state index contributed by atoms with van der Waals surface area (Å²) in [6.07, 6.45) is 3.29. The van der Waals surface area contributed by atoms with Crippen molar-refractivity contribution in [1.82, 2.24) is 0 Å². The highest BCUT2D eigenvalue weighted by molar-refractivity contribution is 6.07. The third-order valence-corrected chi connectivity index (χ3v) is 3.33. The van der Waals surface area contributed by atoms with E-state index in [2.05, 4.69) is 18.5 Å². The van der Waals surface area contributed by atoms with Crippen LogP contribution in [0.5, 0.6) is 5.75 Å². The van der Waals surface area contributed by atoms with Crippen molar-refractivity contribution in [3.63, 3.8) is 0 Å². The van der Waals surface area contributed by atoms with Crippen molar-refractivity contribution < 1.29 is 9.90 Å². The summed E-state index contributed by atoms with van der Waals surface area (Å²) >= 11 is 0. The lowest BCUT2D eigenvalue weighted by Crippen LogP contribution is -2.13. The first kappa shape index (κ1) is 14.6. The molecule has 0 aromatic heterocycles. The molecule has 0 aliphatic heterocycles. The largest absolute Gasteiger partial charge is 0.507 e. The summed E-state index contributed by atoms with van der Waals surface area (Å²) in [6.45, 7) is 9.21. The molecule has 0 atom stereocenters. The van der Waals surface area contributed by atoms with E-state index in [1.807, 2.05) is 18.2 Å². The van der Waals surface area contributed by atoms with E-state index in [4.69, 9.17) is 0 Å². The van der Waals surface area contributed by atoms with Gasteiger partial charge in [0.15, 0.2) is 0 Å². The molecule has 0 radical (unpaired) electrons. The van der Waals surface area contributed by atoms with E-state index in [9.17, 15) is 9.90 Å². The van der Waals surface area contributed by atoms with E-state index in [1.165, 1.54) is 0 Å². The summed E-state index contributed by atoms with van der Waals surface area (Å²) in [5, 5.41) is 13.0. The van der Waals surface area contributed by atoms with Crippen LogP contribution in [-0.2, 0) is 0 Å². The molecule has 0 saturated carbocycles. The summed E-state index contributed by atoms with van der Waals surface area (Å²) in [4.78, 5) is 12.3. The molecule has 2 rings (SSSR count). The fourth-order valence-corrected chi connectivity index (χ4v) is 2.18. The normalized spacial score (nSPS) is 9.95. The quantitative estimate of drug-likeness (QED) is 0.879. The Morgan fingerprint density at radius 2 is 1.86 bits per heavy atom. The Kier molecular flexibility index (Phi) is 4.24. The molecule has 0 heterocycles. The summed E-state index contributed by atoms with van der Waals surface area (Å²) in [5.41, 5.74) is 3.04. The van der Waals surface area contributed by atoms with Gasteiger partial charge in [0.1, 0.15) is 5.75 Å². The Balaban J connectivity index is 2.44. The average Bonchev–Trinajstić information content (AvgIpc) is 2.50. The molecular weight excluding hydrogens is 262 g/mol. The van der Waals surface area contributed by atoms with Gasteiger partial charge in [0.2, 0.25) is 0 Å². The second-order valence-electron chi connectivity index (χ2n) is 4.63. The van der Waals surface area contributed by atoms with E-state index < -0.39 is 0 Å². The standard InChI is InChI=1S/C18H17NO2/c1-4-13-11-16(17(20)12(3)15(13)5-2)18(21)19-14-9-7-6-8-10-14/h4-11,20H,1-2H2,3H3,(H,19,21). The first-order chi connectivity index (χ1) is 10.1. The molecule has 3 nitrogen and oxygen atoms in total. The summed E-state index contributed by atoms with van der Waals surface area (Å²) < 4.78 is 0. The van der Waals surface area contributed by atoms with Gasteiger partial charge in [-0.25, -0.2) is 0 Å². The molecule has 2 N–H and O–H groups in total. The minimum Gasteiger partial charge on any atom is -0.507 e. The molecule has 0 aliphatic rings. The van der Waals surface area contributed by atoms with Crippen molar-refractivity contribution >= 4 is 23.7 Å². The zero-order chi connectivity index (χ0) is 15.4. The number of benzene rings is 2. The van der Waals surface area contributed by atoms with Crippen molar-refractivity contribution in [1.29, 1.82) is 0 Å². The van der Waals surface area contributed by atoms with E-state index >= 15 is 0 Å². The SMILES string of the molecule is C=Cc1cc(C(=O)Nc2ccccc2)c(O)c(C)c1C=C. The van der Waals surface area contributed by atoms with Crippen LogP contribution in [0.25, 0.3) is 12.2 Å². The maximum absolute atomic E-state index is 12.3. The van der Waals surface area contributed by atoms with E-state index in [-0.39, 0.29) is 17.2 Å². The van der Waals surface area contributed by atoms with Gasteiger partial charge < -0.3 is 10.4 Å². The van der Waals surface area contributed by atoms with Crippen LogP contribution in [0.15, 0.2) is 49.6 Å². The smallest absolute Gasteiger partial charge is 0.259 e. The highest BCUT2D eigenvalue weighted by atomic mass is 16.3. The minimum atomic E-state index is -0.361. The monoisotopic (exact) mass is 279 g/mol. The van der Waals surface area contributed by atoms with Crippen molar-refractivity contribution in [2.75, 3.05) is 5.32 Å². The van der Waals surface area contributed by atoms with Crippen molar-refractivity contribution in [3.05, 3.63) is 71.8 Å². The lowest BCUT2D eigenvalue weighted by molar-refractivity contribution is 0.102. The van der Waals surface area contributed by atoms with Gasteiger partial charge in [0.25, 0.3) is 5.91 Å². The van der Waals surface area contributed by atoms with Crippen LogP contribution in [0.2, 0.25) is 0 Å². The number of hydrogen-bond acceptors (Lipinski definition) is 2. The number of rotatable bonds is 4. The molecule has 0 saturated heterocycles. The fraction of sp³-hybridized carbons (Fsp3) is 0.0556. The van der Waals surface area contributed by atoms with Crippen LogP contribution in [0.1, 0.15) is 27.0 Å². The fourth-order valence-electron chi connectivity index (χ4n) is 2.18. The van der Waals surface area contributed by atoms with Crippen LogP contribution in [0, 0.1) is 6.92 Å². The number of phenolic OH excluding ortho intramolecular Hbond substituents is 1. The van der Waals surface area contributed by atoms with Gasteiger partial charge in [-0.2, -0.15) is 0 Å². The van der Waals surface area contributed by atoms with Crippen LogP contribution in [0.3, 0.4) is 0 Å². The van der Waals surface area contributed by atoms with Gasteiger partial charge in [0, 0.05) is 5.69 Å². The van der Waals surface area contributed by atoms with Gasteiger partial charge in [0.05, 0.1) is 5.56 Å². The Morgan fingerprint density at radius 1 is 1.19 bits per heavy atom. The summed E-state index contributed by atoms with van der Waals surface area (Å²) in [7, 11) is 0. The number of hydrogen-bond donors (Lipinski definition) is 2. The molecule has 0 aliphatic carbocycles. The maximum atomic E-state index is 12.3. The number of aromatic hydroxyl groups is 1. The third-order valence-electron chi connectivity index (χ3n) is 3.33. The number of carbonyl (C=O) groups excluding carboxylic acids is 1. The van der Waals surface area contributed by atoms with Gasteiger partial charge in [-0.05, 0) is 41.8 Å². The van der Waals surface area contributed by atoms with Crippen molar-refractivity contribution in [2.24, 2.45) is 0 Å². The second-order valence-corrected chi connectivity index (χ2v) is 4.63. The summed E-state index contributed by atoms with van der Waals surface area (Å²) in [5.74, 6) is -0.399. The minimum absolute atomic E-state index is 0.0380. The Hall–Kier alpha value is -2.81. The zero-order valence-electron chi connectivity index (χ0n) is 11.9. The molecule has 106 valence electrons. The number of para-hydroxylation sites is 1. The zero-order valence-corrected chi connectivity index (χ0v) is 11.9.